The van der Waals surface area contributed by atoms with E-state index in [4.69, 9.17) is 0 Å². The van der Waals surface area contributed by atoms with Crippen molar-refractivity contribution in [3.8, 4) is 0 Å². The molecule has 0 spiro atoms. The molecule has 0 radical (unpaired) electrons. The lowest BCUT2D eigenvalue weighted by Crippen LogP contribution is -1.94. The van der Waals surface area contributed by atoms with Crippen molar-refractivity contribution in [3.63, 3.8) is 0 Å². The van der Waals surface area contributed by atoms with Crippen molar-refractivity contribution < 1.29 is 4.79 Å². The van der Waals surface area contributed by atoms with E-state index in [-0.39, 0.29) is 5.92 Å². The first-order valence-electron chi connectivity index (χ1n) is 1.87. The summed E-state index contributed by atoms with van der Waals surface area (Å²) in [4.78, 5) is 9.69. The Morgan fingerprint density at radius 2 is 2.50 bits per heavy atom. The van der Waals surface area contributed by atoms with Crippen molar-refractivity contribution in [1.29, 1.82) is 0 Å². The van der Waals surface area contributed by atoms with Crippen LogP contribution in [0.1, 0.15) is 6.92 Å². The summed E-state index contributed by atoms with van der Waals surface area (Å²) in [5.74, 6) is 0.775. The molecule has 0 saturated heterocycles. The molecule has 0 amide bonds. The van der Waals surface area contributed by atoms with Crippen LogP contribution in [-0.4, -0.2) is 12.0 Å². The van der Waals surface area contributed by atoms with Gasteiger partial charge in [0.25, 0.3) is 0 Å². The minimum absolute atomic E-state index is 0.119. The Kier molecular flexibility index (Phi) is 3.23. The van der Waals surface area contributed by atoms with Crippen LogP contribution in [0.4, 0.5) is 0 Å². The Labute approximate surface area is 43.2 Å². The van der Waals surface area contributed by atoms with Crippen LogP contribution in [0.25, 0.3) is 0 Å². The molecule has 0 aliphatic heterocycles. The molecule has 0 bridgehead atoms. The second-order valence-corrected chi connectivity index (χ2v) is 1.66. The molecule has 0 aromatic carbocycles. The van der Waals surface area contributed by atoms with E-state index in [0.29, 0.717) is 5.75 Å². The molecular weight excluding hydrogens is 96.1 g/mol. The lowest BCUT2D eigenvalue weighted by molar-refractivity contribution is -0.110. The summed E-state index contributed by atoms with van der Waals surface area (Å²) < 4.78 is 0. The van der Waals surface area contributed by atoms with Gasteiger partial charge in [0.15, 0.2) is 0 Å². The van der Waals surface area contributed by atoms with Crippen molar-refractivity contribution in [2.45, 2.75) is 6.92 Å². The lowest BCUT2D eigenvalue weighted by atomic mass is 10.3. The Morgan fingerprint density at radius 1 is 2.00 bits per heavy atom. The fourth-order valence-electron chi connectivity index (χ4n) is 0.0430. The molecule has 0 rings (SSSR count). The Morgan fingerprint density at radius 3 is 2.50 bits per heavy atom. The molecule has 0 heterocycles. The highest BCUT2D eigenvalue weighted by Gasteiger charge is 1.89. The van der Waals surface area contributed by atoms with Gasteiger partial charge in [0.2, 0.25) is 0 Å². The van der Waals surface area contributed by atoms with Crippen molar-refractivity contribution in [2.75, 3.05) is 5.75 Å². The van der Waals surface area contributed by atoms with E-state index in [1.807, 2.05) is 6.92 Å². The molecule has 0 N–H and O–H groups in total. The Bertz CT molecular complexity index is 44.8. The molecular formula is C4H8OS. The zero-order chi connectivity index (χ0) is 4.99. The van der Waals surface area contributed by atoms with Gasteiger partial charge in [-0.05, 0) is 5.75 Å². The minimum atomic E-state index is 0.119. The summed E-state index contributed by atoms with van der Waals surface area (Å²) in [6.07, 6.45) is 0.896. The van der Waals surface area contributed by atoms with Gasteiger partial charge >= 0.3 is 0 Å². The van der Waals surface area contributed by atoms with Gasteiger partial charge in [-0.3, -0.25) is 0 Å². The summed E-state index contributed by atoms with van der Waals surface area (Å²) in [6.45, 7) is 1.83. The van der Waals surface area contributed by atoms with E-state index in [9.17, 15) is 4.79 Å². The van der Waals surface area contributed by atoms with Crippen LogP contribution in [0.5, 0.6) is 0 Å². The highest BCUT2D eigenvalue weighted by atomic mass is 32.1. The van der Waals surface area contributed by atoms with E-state index in [1.54, 1.807) is 0 Å². The number of hydrogen-bond acceptors (Lipinski definition) is 2. The van der Waals surface area contributed by atoms with Crippen molar-refractivity contribution in [2.24, 2.45) is 5.92 Å². The maximum Gasteiger partial charge on any atom is 0.123 e. The normalized spacial score (nSPS) is 13.7. The average Bonchev–Trinajstić information content (AvgIpc) is 1.65. The monoisotopic (exact) mass is 104 g/mol. The van der Waals surface area contributed by atoms with Crippen LogP contribution in [-0.2, 0) is 4.79 Å². The van der Waals surface area contributed by atoms with Crippen LogP contribution < -0.4 is 0 Å². The maximum absolute atomic E-state index is 9.69. The Hall–Kier alpha value is 0.0200. The van der Waals surface area contributed by atoms with E-state index < -0.39 is 0 Å². The quantitative estimate of drug-likeness (QED) is 0.404. The highest BCUT2D eigenvalue weighted by molar-refractivity contribution is 7.80. The standard InChI is InChI=1S/C4H8OS/c1-4(2-5)3-6/h2,4,6H,3H2,1H3. The molecule has 36 valence electrons. The zero-order valence-corrected chi connectivity index (χ0v) is 4.61. The average molecular weight is 104 g/mol. The number of thiol groups is 1. The first kappa shape index (κ1) is 6.02. The van der Waals surface area contributed by atoms with Gasteiger partial charge in [-0.1, -0.05) is 6.92 Å². The summed E-state index contributed by atoms with van der Waals surface area (Å²) in [6, 6.07) is 0. The number of aldehydes is 1. The molecule has 2 heteroatoms. The van der Waals surface area contributed by atoms with Gasteiger partial charge < -0.3 is 4.79 Å². The smallest absolute Gasteiger partial charge is 0.123 e. The van der Waals surface area contributed by atoms with Gasteiger partial charge in [0, 0.05) is 5.92 Å². The summed E-state index contributed by atoms with van der Waals surface area (Å²) in [5.41, 5.74) is 0. The fourth-order valence-corrected chi connectivity index (χ4v) is 0.129. The number of carbonyl (C=O) groups is 1. The molecule has 0 aliphatic rings. The van der Waals surface area contributed by atoms with E-state index >= 15 is 0 Å². The second kappa shape index (κ2) is 3.22. The number of carbonyl (C=O) groups excluding carboxylic acids is 1. The van der Waals surface area contributed by atoms with Crippen LogP contribution in [0.15, 0.2) is 0 Å². The topological polar surface area (TPSA) is 17.1 Å². The van der Waals surface area contributed by atoms with Gasteiger partial charge in [0.1, 0.15) is 6.29 Å². The zero-order valence-electron chi connectivity index (χ0n) is 3.72. The second-order valence-electron chi connectivity index (χ2n) is 1.30. The third-order valence-corrected chi connectivity index (χ3v) is 1.10. The predicted molar refractivity (Wildman–Crippen MR) is 29.1 cm³/mol. The fraction of sp³-hybridized carbons (Fsp3) is 0.750. The third kappa shape index (κ3) is 2.27. The van der Waals surface area contributed by atoms with Crippen LogP contribution in [0, 0.1) is 5.92 Å². The van der Waals surface area contributed by atoms with Crippen molar-refractivity contribution in [1.82, 2.24) is 0 Å². The first-order chi connectivity index (χ1) is 2.81. The molecule has 0 fully saturated rings. The van der Waals surface area contributed by atoms with Crippen molar-refractivity contribution >= 4 is 18.9 Å². The van der Waals surface area contributed by atoms with E-state index in [2.05, 4.69) is 12.6 Å². The van der Waals surface area contributed by atoms with Gasteiger partial charge in [-0.2, -0.15) is 12.6 Å². The highest BCUT2D eigenvalue weighted by Crippen LogP contribution is 1.88. The van der Waals surface area contributed by atoms with Gasteiger partial charge in [-0.25, -0.2) is 0 Å². The summed E-state index contributed by atoms with van der Waals surface area (Å²) in [5, 5.41) is 0. The molecule has 0 aromatic rings. The maximum atomic E-state index is 9.69. The predicted octanol–water partition coefficient (Wildman–Crippen LogP) is 0.751. The van der Waals surface area contributed by atoms with Crippen LogP contribution >= 0.6 is 12.6 Å². The van der Waals surface area contributed by atoms with Crippen LogP contribution in [0.3, 0.4) is 0 Å². The largest absolute Gasteiger partial charge is 0.303 e. The van der Waals surface area contributed by atoms with Gasteiger partial charge in [0.05, 0.1) is 0 Å². The SMILES string of the molecule is CC(C=O)CS. The molecule has 1 atom stereocenters. The third-order valence-electron chi connectivity index (χ3n) is 0.520. The summed E-state index contributed by atoms with van der Waals surface area (Å²) in [7, 11) is 0. The molecule has 0 aliphatic carbocycles. The molecule has 0 aromatic heterocycles. The van der Waals surface area contributed by atoms with Crippen LogP contribution in [0.2, 0.25) is 0 Å². The van der Waals surface area contributed by atoms with E-state index in [1.165, 1.54) is 0 Å². The minimum Gasteiger partial charge on any atom is -0.303 e. The lowest BCUT2D eigenvalue weighted by Gasteiger charge is -1.88. The van der Waals surface area contributed by atoms with E-state index in [0.717, 1.165) is 6.29 Å². The molecule has 1 nitrogen and oxygen atoms in total. The first-order valence-corrected chi connectivity index (χ1v) is 2.50. The molecule has 6 heavy (non-hydrogen) atoms. The summed E-state index contributed by atoms with van der Waals surface area (Å²) >= 11 is 3.86. The molecule has 0 saturated carbocycles. The van der Waals surface area contributed by atoms with Crippen molar-refractivity contribution in [3.05, 3.63) is 0 Å². The number of hydrogen-bond donors (Lipinski definition) is 1. The Balaban J connectivity index is 2.96. The van der Waals surface area contributed by atoms with Gasteiger partial charge in [-0.15, -0.1) is 0 Å². The molecule has 1 unspecified atom stereocenters. The number of rotatable bonds is 2.